The molecular weight excluding hydrogens is 727 g/mol. The highest BCUT2D eigenvalue weighted by Gasteiger charge is 2.73. The number of alkyl halides is 9. The highest BCUT2D eigenvalue weighted by atomic mass is 32.2. The summed E-state index contributed by atoms with van der Waals surface area (Å²) in [6, 6.07) is 6.61. The molecule has 288 valence electrons. The number of halogens is 9. The molecule has 6 nitrogen and oxygen atoms in total. The number of amides is 1. The van der Waals surface area contributed by atoms with Crippen LogP contribution >= 0.6 is 0 Å². The van der Waals surface area contributed by atoms with Crippen molar-refractivity contribution >= 4 is 21.6 Å². The number of sulfonamides is 1. The van der Waals surface area contributed by atoms with Crippen molar-refractivity contribution in [3.05, 3.63) is 60.2 Å². The van der Waals surface area contributed by atoms with Crippen LogP contribution in [0, 0.1) is 35.5 Å². The zero-order valence-electron chi connectivity index (χ0n) is 28.1. The van der Waals surface area contributed by atoms with Crippen LogP contribution in [0.4, 0.5) is 45.2 Å². The minimum absolute atomic E-state index is 0.163. The smallest absolute Gasteiger partial charge is 0.351 e. The van der Waals surface area contributed by atoms with E-state index in [-0.39, 0.29) is 16.4 Å². The van der Waals surface area contributed by atoms with Crippen LogP contribution in [-0.2, 0) is 25.2 Å². The van der Waals surface area contributed by atoms with Gasteiger partial charge >= 0.3 is 18.5 Å². The first-order valence-corrected chi connectivity index (χ1v) is 19.1. The summed E-state index contributed by atoms with van der Waals surface area (Å²) < 4.78 is 158. The number of carbonyl (C=O) groups is 1. The van der Waals surface area contributed by atoms with Gasteiger partial charge in [-0.15, -0.1) is 0 Å². The molecule has 2 aromatic rings. The van der Waals surface area contributed by atoms with Gasteiger partial charge in [-0.05, 0) is 111 Å². The van der Waals surface area contributed by atoms with Crippen LogP contribution in [0.5, 0.6) is 0 Å². The molecule has 4 fully saturated rings. The first kappa shape index (κ1) is 38.7. The second-order valence-corrected chi connectivity index (χ2v) is 16.7. The fraction of sp³-hybridized carbons (Fsp3) is 0.639. The van der Waals surface area contributed by atoms with Crippen molar-refractivity contribution in [2.24, 2.45) is 35.5 Å². The van der Waals surface area contributed by atoms with E-state index in [1.807, 2.05) is 0 Å². The fourth-order valence-electron chi connectivity index (χ4n) is 9.84. The van der Waals surface area contributed by atoms with Crippen molar-refractivity contribution in [1.82, 2.24) is 5.32 Å². The molecule has 0 heterocycles. The van der Waals surface area contributed by atoms with E-state index in [9.17, 15) is 52.7 Å². The number of hydrogen-bond donors (Lipinski definition) is 1. The Labute approximate surface area is 296 Å². The largest absolute Gasteiger partial charge is 0.430 e. The molecule has 7 unspecified atom stereocenters. The Bertz CT molecular complexity index is 1650. The van der Waals surface area contributed by atoms with Crippen molar-refractivity contribution in [2.45, 2.75) is 99.3 Å². The average molecular weight is 769 g/mol. The monoisotopic (exact) mass is 768 g/mol. The summed E-state index contributed by atoms with van der Waals surface area (Å²) in [5.74, 6) is 2.54. The lowest BCUT2D eigenvalue weighted by atomic mass is 9.53. The van der Waals surface area contributed by atoms with E-state index in [2.05, 4.69) is 10.1 Å². The van der Waals surface area contributed by atoms with Gasteiger partial charge in [0.2, 0.25) is 5.91 Å². The molecule has 1 amide bonds. The third-order valence-electron chi connectivity index (χ3n) is 11.9. The maximum absolute atomic E-state index is 14.5. The van der Waals surface area contributed by atoms with Gasteiger partial charge in [0, 0.05) is 11.6 Å². The van der Waals surface area contributed by atoms with Crippen LogP contribution < -0.4 is 9.62 Å². The minimum Gasteiger partial charge on any atom is -0.351 e. The van der Waals surface area contributed by atoms with Crippen LogP contribution in [0.2, 0.25) is 0 Å². The molecule has 4 aliphatic carbocycles. The second-order valence-electron chi connectivity index (χ2n) is 14.8. The molecule has 0 aromatic heterocycles. The Kier molecular flexibility index (Phi) is 10.7. The minimum atomic E-state index is -6.19. The maximum atomic E-state index is 14.5. The number of anilines is 1. The van der Waals surface area contributed by atoms with Crippen LogP contribution in [0.3, 0.4) is 0 Å². The van der Waals surface area contributed by atoms with Crippen LogP contribution in [0.25, 0.3) is 0 Å². The van der Waals surface area contributed by atoms with Crippen molar-refractivity contribution < 1.29 is 57.5 Å². The van der Waals surface area contributed by atoms with Crippen molar-refractivity contribution in [3.63, 3.8) is 0 Å². The molecule has 0 radical (unpaired) electrons. The molecular formula is C36H41F9N2O4S. The lowest BCUT2D eigenvalue weighted by Crippen LogP contribution is -2.57. The molecule has 2 aromatic carbocycles. The van der Waals surface area contributed by atoms with Gasteiger partial charge in [-0.2, -0.15) is 39.5 Å². The number of rotatable bonds is 9. The summed E-state index contributed by atoms with van der Waals surface area (Å²) in [6.45, 7) is -3.73. The molecule has 0 bridgehead atoms. The van der Waals surface area contributed by atoms with E-state index in [0.717, 1.165) is 43.2 Å². The van der Waals surface area contributed by atoms with Gasteiger partial charge in [-0.1, -0.05) is 43.2 Å². The quantitative estimate of drug-likeness (QED) is 0.259. The third kappa shape index (κ3) is 7.52. The normalized spacial score (nSPS) is 28.4. The topological polar surface area (TPSA) is 75.7 Å². The Morgan fingerprint density at radius 2 is 1.29 bits per heavy atom. The fourth-order valence-corrected chi connectivity index (χ4v) is 11.3. The van der Waals surface area contributed by atoms with Crippen molar-refractivity contribution in [1.29, 1.82) is 0 Å². The number of carbonyl (C=O) groups excluding carboxylic acids is 1. The summed E-state index contributed by atoms with van der Waals surface area (Å²) in [4.78, 5) is 12.3. The van der Waals surface area contributed by atoms with Crippen molar-refractivity contribution in [3.8, 4) is 0 Å². The van der Waals surface area contributed by atoms with Gasteiger partial charge in [0.15, 0.2) is 0 Å². The Morgan fingerprint density at radius 3 is 1.88 bits per heavy atom. The molecule has 4 saturated carbocycles. The van der Waals surface area contributed by atoms with Crippen molar-refractivity contribution in [2.75, 3.05) is 17.5 Å². The first-order chi connectivity index (χ1) is 24.3. The summed E-state index contributed by atoms with van der Waals surface area (Å²) in [5.41, 5.74) is -7.50. The van der Waals surface area contributed by atoms with E-state index >= 15 is 0 Å². The van der Waals surface area contributed by atoms with E-state index in [0.29, 0.717) is 48.6 Å². The average Bonchev–Trinajstić information content (AvgIpc) is 3.56. The summed E-state index contributed by atoms with van der Waals surface area (Å²) in [6.07, 6.45) is -7.22. The maximum Gasteiger partial charge on any atom is 0.430 e. The predicted octanol–water partition coefficient (Wildman–Crippen LogP) is 8.92. The van der Waals surface area contributed by atoms with Crippen LogP contribution in [0.1, 0.15) is 69.8 Å². The van der Waals surface area contributed by atoms with Crippen LogP contribution in [-0.4, -0.2) is 52.0 Å². The zero-order valence-corrected chi connectivity index (χ0v) is 28.9. The third-order valence-corrected chi connectivity index (χ3v) is 13.7. The van der Waals surface area contributed by atoms with E-state index in [1.54, 1.807) is 0 Å². The molecule has 0 aliphatic heterocycles. The number of benzene rings is 2. The van der Waals surface area contributed by atoms with E-state index in [1.165, 1.54) is 50.3 Å². The van der Waals surface area contributed by atoms with E-state index in [4.69, 9.17) is 0 Å². The number of ether oxygens (including phenoxy) is 1. The van der Waals surface area contributed by atoms with Gasteiger partial charge in [-0.25, -0.2) is 8.42 Å². The molecule has 7 atom stereocenters. The molecule has 0 spiro atoms. The highest BCUT2D eigenvalue weighted by Crippen LogP contribution is 2.58. The molecule has 1 N–H and O–H groups in total. The van der Waals surface area contributed by atoms with Gasteiger partial charge in [-0.3, -0.25) is 9.10 Å². The lowest BCUT2D eigenvalue weighted by Gasteiger charge is -2.52. The molecule has 4 aliphatic rings. The standard InChI is InChI=1S/C36H41F9N2O4S/c37-33(38,39)21-47(52(49,50)27-6-2-1-3-7-27)26-14-11-24(12-15-26)34(35(40,41)42,36(43,44)45)51-20-32(48)46-25-13-18-29-23(19-25)10-17-30-28-8-4-5-22(28)9-16-31(29)30/h1-3,6-7,11-12,14-15,22-23,25,28-31H,4-5,8-10,13,16-21H2,(H,46,48). The molecule has 0 saturated heterocycles. The first-order valence-electron chi connectivity index (χ1n) is 17.6. The van der Waals surface area contributed by atoms with Gasteiger partial charge in [0.25, 0.3) is 15.6 Å². The molecule has 6 rings (SSSR count). The Morgan fingerprint density at radius 1 is 0.712 bits per heavy atom. The Balaban J connectivity index is 1.17. The SMILES string of the molecule is O=C(COC(c1ccc(N(CC(F)(F)F)S(=O)(=O)c2ccccc2)cc1)(C(F)(F)F)C(F)(F)F)NC1CCC2C(CCC3C4CCCC4CCC23)C1. The summed E-state index contributed by atoms with van der Waals surface area (Å²) >= 11 is 0. The second kappa shape index (κ2) is 14.3. The highest BCUT2D eigenvalue weighted by molar-refractivity contribution is 7.92. The number of hydrogen-bond acceptors (Lipinski definition) is 4. The molecule has 52 heavy (non-hydrogen) atoms. The Hall–Kier alpha value is -3.01. The summed E-state index contributed by atoms with van der Waals surface area (Å²) in [5, 5.41) is 2.59. The number of nitrogens with one attached hydrogen (secondary N) is 1. The molecule has 16 heteroatoms. The van der Waals surface area contributed by atoms with E-state index < -0.39 is 75.4 Å². The van der Waals surface area contributed by atoms with Gasteiger partial charge < -0.3 is 10.1 Å². The lowest BCUT2D eigenvalue weighted by molar-refractivity contribution is -0.387. The zero-order chi connectivity index (χ0) is 37.7. The number of nitrogens with zero attached hydrogens (tertiary/aromatic N) is 1. The van der Waals surface area contributed by atoms with Gasteiger partial charge in [0.05, 0.1) is 10.6 Å². The number of fused-ring (bicyclic) bond motifs is 5. The van der Waals surface area contributed by atoms with Gasteiger partial charge in [0.1, 0.15) is 13.2 Å². The summed E-state index contributed by atoms with van der Waals surface area (Å²) in [7, 11) is -4.96. The predicted molar refractivity (Wildman–Crippen MR) is 172 cm³/mol. The van der Waals surface area contributed by atoms with Crippen LogP contribution in [0.15, 0.2) is 59.5 Å².